The van der Waals surface area contributed by atoms with Crippen molar-refractivity contribution in [3.63, 3.8) is 0 Å². The van der Waals surface area contributed by atoms with Crippen LogP contribution < -0.4 is 16.5 Å². The van der Waals surface area contributed by atoms with E-state index in [2.05, 4.69) is 20.8 Å². The van der Waals surface area contributed by atoms with Crippen LogP contribution >= 0.6 is 11.6 Å². The number of hydrogen-bond acceptors (Lipinski definition) is 6. The summed E-state index contributed by atoms with van der Waals surface area (Å²) in [6.45, 7) is 0.644. The fourth-order valence-corrected chi connectivity index (χ4v) is 3.14. The van der Waals surface area contributed by atoms with E-state index in [1.807, 2.05) is 6.07 Å². The minimum absolute atomic E-state index is 0.137. The average molecular weight is 435 g/mol. The highest BCUT2D eigenvalue weighted by atomic mass is 35.5. The number of halogens is 3. The molecule has 2 aromatic rings. The Morgan fingerprint density at radius 3 is 2.93 bits per heavy atom. The van der Waals surface area contributed by atoms with Gasteiger partial charge in [0.15, 0.2) is 6.80 Å². The van der Waals surface area contributed by atoms with Gasteiger partial charge in [-0.1, -0.05) is 11.6 Å². The van der Waals surface area contributed by atoms with Crippen molar-refractivity contribution in [2.24, 2.45) is 10.7 Å². The number of alkyl halides is 1. The highest BCUT2D eigenvalue weighted by Crippen LogP contribution is 2.44. The number of nitriles is 1. The first-order valence-corrected chi connectivity index (χ1v) is 9.17. The summed E-state index contributed by atoms with van der Waals surface area (Å²) in [6, 6.07) is 5.62. The van der Waals surface area contributed by atoms with Crippen molar-refractivity contribution in [3.05, 3.63) is 57.6 Å². The molecule has 0 bridgehead atoms. The van der Waals surface area contributed by atoms with Crippen LogP contribution in [0.2, 0.25) is 5.02 Å². The molecule has 1 saturated carbocycles. The van der Waals surface area contributed by atoms with Gasteiger partial charge in [-0.25, -0.2) is 18.8 Å². The largest absolute Gasteiger partial charge is 0.371 e. The Morgan fingerprint density at radius 1 is 1.50 bits per heavy atom. The first-order valence-electron chi connectivity index (χ1n) is 8.79. The second kappa shape index (κ2) is 9.02. The van der Waals surface area contributed by atoms with Gasteiger partial charge in [0.1, 0.15) is 17.6 Å². The molecule has 1 amide bonds. The molecule has 0 saturated heterocycles. The molecule has 0 unspecified atom stereocenters. The Hall–Kier alpha value is -3.29. The standard InChI is InChI=1S/C19H17ClF2N6O2/c1-9-2-10(6-23)7-25-17(9)18(29)27-11-3-13(16(22)14(20)4-11)12-5-15(12)28-30-19(24)26-8-21/h2-4,7,12,15,28H,5,8H2,1H3,(H2,24,26)(H,27,29)/t12-,15-/m1/s1. The maximum absolute atomic E-state index is 14.5. The number of carbonyl (C=O) groups excluding carboxylic acids is 1. The SMILES string of the molecule is Cc1cc(C#N)cnc1C(=O)Nc1cc(Cl)c(F)c([C@H]2C[C@H]2NOC(N)=NCF)c1. The molecule has 1 aromatic carbocycles. The van der Waals surface area contributed by atoms with Crippen molar-refractivity contribution in [1.29, 1.82) is 5.26 Å². The lowest BCUT2D eigenvalue weighted by Gasteiger charge is -2.11. The second-order valence-corrected chi connectivity index (χ2v) is 7.01. The molecule has 2 atom stereocenters. The van der Waals surface area contributed by atoms with Gasteiger partial charge >= 0.3 is 6.02 Å². The first kappa shape index (κ1) is 21.4. The molecule has 4 N–H and O–H groups in total. The Bertz CT molecular complexity index is 1060. The van der Waals surface area contributed by atoms with Gasteiger partial charge < -0.3 is 15.9 Å². The van der Waals surface area contributed by atoms with E-state index < -0.39 is 18.5 Å². The van der Waals surface area contributed by atoms with Crippen LogP contribution in [-0.2, 0) is 4.84 Å². The Morgan fingerprint density at radius 2 is 2.27 bits per heavy atom. The van der Waals surface area contributed by atoms with Crippen molar-refractivity contribution < 1.29 is 18.4 Å². The number of anilines is 1. The summed E-state index contributed by atoms with van der Waals surface area (Å²) in [7, 11) is 0. The van der Waals surface area contributed by atoms with E-state index in [9.17, 15) is 13.6 Å². The molecule has 8 nitrogen and oxygen atoms in total. The predicted molar refractivity (Wildman–Crippen MR) is 106 cm³/mol. The monoisotopic (exact) mass is 434 g/mol. The van der Waals surface area contributed by atoms with Crippen molar-refractivity contribution >= 4 is 29.2 Å². The van der Waals surface area contributed by atoms with Crippen LogP contribution in [0.5, 0.6) is 0 Å². The molecule has 0 aliphatic heterocycles. The van der Waals surface area contributed by atoms with Gasteiger partial charge in [-0.05, 0) is 42.7 Å². The fraction of sp³-hybridized carbons (Fsp3) is 0.263. The third kappa shape index (κ3) is 4.82. The molecule has 0 radical (unpaired) electrons. The van der Waals surface area contributed by atoms with Gasteiger partial charge in [0, 0.05) is 17.8 Å². The van der Waals surface area contributed by atoms with Crippen LogP contribution in [0.25, 0.3) is 0 Å². The second-order valence-electron chi connectivity index (χ2n) is 6.60. The number of aromatic nitrogens is 1. The van der Waals surface area contributed by atoms with Crippen LogP contribution in [0, 0.1) is 24.1 Å². The summed E-state index contributed by atoms with van der Waals surface area (Å²) in [5.74, 6) is -1.41. The summed E-state index contributed by atoms with van der Waals surface area (Å²) in [5.41, 5.74) is 9.47. The third-order valence-electron chi connectivity index (χ3n) is 4.46. The summed E-state index contributed by atoms with van der Waals surface area (Å²) < 4.78 is 26.6. The highest BCUT2D eigenvalue weighted by molar-refractivity contribution is 6.31. The number of aryl methyl sites for hydroxylation is 1. The maximum Gasteiger partial charge on any atom is 0.304 e. The lowest BCUT2D eigenvalue weighted by atomic mass is 10.1. The average Bonchev–Trinajstić information content (AvgIpc) is 3.48. The Kier molecular flexibility index (Phi) is 6.44. The molecule has 0 spiro atoms. The van der Waals surface area contributed by atoms with E-state index >= 15 is 0 Å². The predicted octanol–water partition coefficient (Wildman–Crippen LogP) is 2.93. The maximum atomic E-state index is 14.5. The van der Waals surface area contributed by atoms with E-state index in [1.54, 1.807) is 13.0 Å². The van der Waals surface area contributed by atoms with Crippen molar-refractivity contribution in [1.82, 2.24) is 10.5 Å². The zero-order valence-corrected chi connectivity index (χ0v) is 16.5. The number of nitrogens with zero attached hydrogens (tertiary/aromatic N) is 3. The van der Waals surface area contributed by atoms with Crippen LogP contribution in [0.1, 0.15) is 39.5 Å². The van der Waals surface area contributed by atoms with Gasteiger partial charge in [-0.2, -0.15) is 5.26 Å². The van der Waals surface area contributed by atoms with Crippen molar-refractivity contribution in [2.75, 3.05) is 12.1 Å². The smallest absolute Gasteiger partial charge is 0.304 e. The number of hydrogen-bond donors (Lipinski definition) is 3. The summed E-state index contributed by atoms with van der Waals surface area (Å²) >= 11 is 6.00. The minimum atomic E-state index is -1.01. The topological polar surface area (TPSA) is 125 Å². The first-order chi connectivity index (χ1) is 14.3. The number of aliphatic imine (C=N–C) groups is 1. The quantitative estimate of drug-likeness (QED) is 0.278. The van der Waals surface area contributed by atoms with Gasteiger partial charge in [0.25, 0.3) is 5.91 Å². The molecule has 1 fully saturated rings. The number of amides is 1. The number of benzene rings is 1. The van der Waals surface area contributed by atoms with Crippen LogP contribution in [0.3, 0.4) is 0 Å². The fourth-order valence-electron chi connectivity index (χ4n) is 2.91. The molecule has 1 aliphatic carbocycles. The molecule has 11 heteroatoms. The van der Waals surface area contributed by atoms with Crippen molar-refractivity contribution in [2.45, 2.75) is 25.3 Å². The van der Waals surface area contributed by atoms with E-state index in [-0.39, 0.29) is 39.9 Å². The van der Waals surface area contributed by atoms with E-state index in [1.165, 1.54) is 18.3 Å². The van der Waals surface area contributed by atoms with Crippen LogP contribution in [0.15, 0.2) is 29.4 Å². The third-order valence-corrected chi connectivity index (χ3v) is 4.73. The molecule has 156 valence electrons. The number of nitrogens with two attached hydrogens (primary N) is 1. The summed E-state index contributed by atoms with van der Waals surface area (Å²) in [6.07, 6.45) is 1.81. The van der Waals surface area contributed by atoms with E-state index in [4.69, 9.17) is 27.4 Å². The number of nitrogens with one attached hydrogen (secondary N) is 2. The normalized spacial score (nSPS) is 17.9. The van der Waals surface area contributed by atoms with Gasteiger partial charge in [-0.15, -0.1) is 5.48 Å². The molecule has 30 heavy (non-hydrogen) atoms. The molecule has 1 aromatic heterocycles. The lowest BCUT2D eigenvalue weighted by molar-refractivity contribution is 0.102. The number of hydroxylamine groups is 1. The zero-order valence-electron chi connectivity index (χ0n) is 15.7. The molecular weight excluding hydrogens is 418 g/mol. The molecule has 1 heterocycles. The van der Waals surface area contributed by atoms with Crippen LogP contribution in [0.4, 0.5) is 14.5 Å². The van der Waals surface area contributed by atoms with Gasteiger partial charge in [0.05, 0.1) is 16.6 Å². The van der Waals surface area contributed by atoms with Gasteiger partial charge in [-0.3, -0.25) is 4.79 Å². The zero-order chi connectivity index (χ0) is 21.8. The molecular formula is C19H17ClF2N6O2. The number of carbonyl (C=O) groups is 1. The molecule has 1 aliphatic rings. The van der Waals surface area contributed by atoms with Crippen molar-refractivity contribution in [3.8, 4) is 6.07 Å². The number of pyridine rings is 1. The highest BCUT2D eigenvalue weighted by Gasteiger charge is 2.41. The van der Waals surface area contributed by atoms with Crippen LogP contribution in [-0.4, -0.2) is 29.8 Å². The summed E-state index contributed by atoms with van der Waals surface area (Å²) in [5, 5.41) is 11.4. The Labute approximate surface area is 175 Å². The van der Waals surface area contributed by atoms with E-state index in [0.717, 1.165) is 0 Å². The Balaban J connectivity index is 1.74. The lowest BCUT2D eigenvalue weighted by Crippen LogP contribution is -2.28. The number of amidine groups is 1. The minimum Gasteiger partial charge on any atom is -0.371 e. The number of rotatable bonds is 6. The van der Waals surface area contributed by atoms with Gasteiger partial charge in [0.2, 0.25) is 0 Å². The summed E-state index contributed by atoms with van der Waals surface area (Å²) in [4.78, 5) is 24.7. The van der Waals surface area contributed by atoms with E-state index in [0.29, 0.717) is 17.5 Å². The molecule has 3 rings (SSSR count).